The molecule has 1 aliphatic rings. The van der Waals surface area contributed by atoms with Gasteiger partial charge in [0.05, 0.1) is 36.7 Å². The van der Waals surface area contributed by atoms with Gasteiger partial charge in [-0.2, -0.15) is 9.61 Å². The number of piperidine rings is 1. The van der Waals surface area contributed by atoms with E-state index in [0.29, 0.717) is 72.6 Å². The van der Waals surface area contributed by atoms with Gasteiger partial charge >= 0.3 is 5.97 Å². The predicted molar refractivity (Wildman–Crippen MR) is 181 cm³/mol. The summed E-state index contributed by atoms with van der Waals surface area (Å²) in [5.41, 5.74) is 2.36. The van der Waals surface area contributed by atoms with Crippen LogP contribution in [0.1, 0.15) is 69.0 Å². The van der Waals surface area contributed by atoms with Gasteiger partial charge in [0, 0.05) is 43.0 Å². The number of aryl methyl sites for hydroxylation is 1. The number of nitrogens with zero attached hydrogens (tertiary/aromatic N) is 6. The molecule has 0 bridgehead atoms. The number of anilines is 1. The van der Waals surface area contributed by atoms with E-state index in [9.17, 15) is 9.18 Å². The van der Waals surface area contributed by atoms with E-state index in [1.54, 1.807) is 33.6 Å². The van der Waals surface area contributed by atoms with Crippen molar-refractivity contribution in [2.24, 2.45) is 0 Å². The lowest BCUT2D eigenvalue weighted by Gasteiger charge is -2.41. The second kappa shape index (κ2) is 14.3. The Morgan fingerprint density at radius 2 is 1.88 bits per heavy atom. The van der Waals surface area contributed by atoms with Crippen molar-refractivity contribution in [1.29, 1.82) is 0 Å². The van der Waals surface area contributed by atoms with Crippen LogP contribution in [0.15, 0.2) is 62.0 Å². The Hall–Kier alpha value is -4.55. The van der Waals surface area contributed by atoms with Crippen LogP contribution < -0.4 is 9.64 Å². The average molecular weight is 661 g/mol. The van der Waals surface area contributed by atoms with E-state index in [4.69, 9.17) is 29.0 Å². The van der Waals surface area contributed by atoms with Crippen LogP contribution in [0.2, 0.25) is 0 Å². The van der Waals surface area contributed by atoms with Crippen LogP contribution >= 0.6 is 0 Å². The fourth-order valence-corrected chi connectivity index (χ4v) is 5.88. The highest BCUT2D eigenvalue weighted by Crippen LogP contribution is 2.38. The van der Waals surface area contributed by atoms with Crippen LogP contribution in [0.3, 0.4) is 0 Å². The molecule has 1 saturated heterocycles. The summed E-state index contributed by atoms with van der Waals surface area (Å²) in [7, 11) is 1.35. The Labute approximate surface area is 280 Å². The van der Waals surface area contributed by atoms with Crippen molar-refractivity contribution in [1.82, 2.24) is 24.4 Å². The normalized spacial score (nSPS) is 15.4. The summed E-state index contributed by atoms with van der Waals surface area (Å²) in [5, 5.41) is 9.54. The van der Waals surface area contributed by atoms with Gasteiger partial charge in [0.1, 0.15) is 24.0 Å². The van der Waals surface area contributed by atoms with Crippen molar-refractivity contribution in [2.75, 3.05) is 38.3 Å². The molecule has 4 heterocycles. The number of halogens is 1. The van der Waals surface area contributed by atoms with Gasteiger partial charge in [-0.05, 0) is 71.2 Å². The largest absolute Gasteiger partial charge is 0.489 e. The van der Waals surface area contributed by atoms with Gasteiger partial charge in [0.2, 0.25) is 0 Å². The first kappa shape index (κ1) is 34.8. The third-order valence-electron chi connectivity index (χ3n) is 8.25. The van der Waals surface area contributed by atoms with E-state index >= 15 is 0 Å². The molecule has 11 nitrogen and oxygen atoms in total. The molecular weight excluding hydrogens is 615 g/mol. The predicted octanol–water partition coefficient (Wildman–Crippen LogP) is 6.11. The molecule has 1 fully saturated rings. The number of esters is 1. The zero-order valence-electron chi connectivity index (χ0n) is 28.7. The number of methoxy groups -OCH3 is 1. The quantitative estimate of drug-likeness (QED) is 0.124. The molecule has 0 N–H and O–H groups in total. The molecule has 1 aliphatic heterocycles. The summed E-state index contributed by atoms with van der Waals surface area (Å²) < 4.78 is 41.0. The van der Waals surface area contributed by atoms with Crippen molar-refractivity contribution in [3.8, 4) is 11.6 Å². The number of ether oxygens (including phenoxy) is 4. The molecule has 1 aromatic carbocycles. The second-order valence-corrected chi connectivity index (χ2v) is 13.2. The van der Waals surface area contributed by atoms with Crippen molar-refractivity contribution in [2.45, 2.75) is 71.2 Å². The second-order valence-electron chi connectivity index (χ2n) is 13.2. The summed E-state index contributed by atoms with van der Waals surface area (Å²) in [5.74, 6) is 0.935. The molecule has 0 aliphatic carbocycles. The molecule has 0 spiro atoms. The number of hydrogen-bond donors (Lipinski definition) is 0. The van der Waals surface area contributed by atoms with Gasteiger partial charge in [-0.3, -0.25) is 0 Å². The number of carbonyl (C=O) groups is 1. The topological polar surface area (TPSA) is 105 Å². The molecule has 0 amide bonds. The molecule has 1 unspecified atom stereocenters. The summed E-state index contributed by atoms with van der Waals surface area (Å²) in [6, 6.07) is 6.30. The van der Waals surface area contributed by atoms with Gasteiger partial charge in [0.25, 0.3) is 0 Å². The van der Waals surface area contributed by atoms with Crippen LogP contribution in [0.25, 0.3) is 11.5 Å². The summed E-state index contributed by atoms with van der Waals surface area (Å²) >= 11 is 0. The first-order valence-corrected chi connectivity index (χ1v) is 16.1. The van der Waals surface area contributed by atoms with Crippen LogP contribution in [0.5, 0.6) is 5.75 Å². The molecule has 48 heavy (non-hydrogen) atoms. The molecular formula is C36H45FN6O5. The SMILES string of the molecule is C=CCOc1ccc(F)cc1Cc1cnn(-c2cc3nc(C)c(C(OC(C)(C)C)C(=O)OC)c(N4CCC(C)(OCC=C)CC4)n3n2)c1. The Morgan fingerprint density at radius 3 is 2.54 bits per heavy atom. The number of aromatic nitrogens is 5. The van der Waals surface area contributed by atoms with Crippen molar-refractivity contribution < 1.29 is 28.1 Å². The standard InChI is InChI=1S/C36H45FN6O5/c1-9-17-46-28-12-11-27(37)20-26(28)19-25-22-38-42(23-25)30-21-29-39-24(3)31(32(34(44)45-8)48-35(4,5)6)33(43(29)40-30)41-15-13-36(7,14-16-41)47-18-10-2/h9-12,20-23,32H,1-2,13-19H2,3-8H3. The van der Waals surface area contributed by atoms with Crippen LogP contribution in [0, 0.1) is 12.7 Å². The number of carbonyl (C=O) groups excluding carboxylic acids is 1. The lowest BCUT2D eigenvalue weighted by molar-refractivity contribution is -0.164. The van der Waals surface area contributed by atoms with E-state index in [0.717, 1.165) is 18.4 Å². The minimum atomic E-state index is -1.04. The lowest BCUT2D eigenvalue weighted by atomic mass is 9.92. The van der Waals surface area contributed by atoms with E-state index in [-0.39, 0.29) is 11.4 Å². The summed E-state index contributed by atoms with van der Waals surface area (Å²) in [6.07, 6.45) is 7.83. The Kier molecular flexibility index (Phi) is 10.4. The summed E-state index contributed by atoms with van der Waals surface area (Å²) in [4.78, 5) is 20.4. The van der Waals surface area contributed by atoms with Gasteiger partial charge in [0.15, 0.2) is 17.6 Å². The van der Waals surface area contributed by atoms with E-state index in [1.807, 2.05) is 40.0 Å². The number of rotatable bonds is 13. The molecule has 4 aromatic rings. The average Bonchev–Trinajstić information content (AvgIpc) is 3.68. The molecule has 5 rings (SSSR count). The molecule has 0 radical (unpaired) electrons. The maximum absolute atomic E-state index is 14.2. The Morgan fingerprint density at radius 1 is 1.15 bits per heavy atom. The highest BCUT2D eigenvalue weighted by molar-refractivity contribution is 5.80. The molecule has 3 aromatic heterocycles. The van der Waals surface area contributed by atoms with Gasteiger partial charge in [-0.25, -0.2) is 18.9 Å². The van der Waals surface area contributed by atoms with Crippen molar-refractivity contribution in [3.05, 3.63) is 90.2 Å². The first-order chi connectivity index (χ1) is 22.8. The van der Waals surface area contributed by atoms with Crippen molar-refractivity contribution >= 4 is 17.4 Å². The Bertz CT molecular complexity index is 1780. The van der Waals surface area contributed by atoms with Crippen LogP contribution in [-0.4, -0.2) is 75.0 Å². The highest BCUT2D eigenvalue weighted by Gasteiger charge is 2.38. The monoisotopic (exact) mass is 660 g/mol. The zero-order valence-corrected chi connectivity index (χ0v) is 28.7. The minimum Gasteiger partial charge on any atom is -0.489 e. The molecule has 0 saturated carbocycles. The third kappa shape index (κ3) is 7.77. The van der Waals surface area contributed by atoms with Crippen LogP contribution in [-0.2, 0) is 25.4 Å². The van der Waals surface area contributed by atoms with Crippen molar-refractivity contribution in [3.63, 3.8) is 0 Å². The van der Waals surface area contributed by atoms with E-state index in [2.05, 4.69) is 30.1 Å². The molecule has 12 heteroatoms. The molecule has 256 valence electrons. The Balaban J connectivity index is 1.57. The maximum Gasteiger partial charge on any atom is 0.339 e. The van der Waals surface area contributed by atoms with Gasteiger partial charge in [-0.15, -0.1) is 11.7 Å². The fraction of sp³-hybridized carbons (Fsp3) is 0.444. The number of hydrogen-bond acceptors (Lipinski definition) is 9. The van der Waals surface area contributed by atoms with Gasteiger partial charge in [-0.1, -0.05) is 18.7 Å². The number of benzene rings is 1. The zero-order chi connectivity index (χ0) is 34.6. The minimum absolute atomic E-state index is 0.311. The smallest absolute Gasteiger partial charge is 0.339 e. The third-order valence-corrected chi connectivity index (χ3v) is 8.25. The summed E-state index contributed by atoms with van der Waals surface area (Å²) in [6.45, 7) is 19.2. The van der Waals surface area contributed by atoms with Gasteiger partial charge < -0.3 is 23.8 Å². The lowest BCUT2D eigenvalue weighted by Crippen LogP contribution is -2.45. The molecule has 1 atom stereocenters. The highest BCUT2D eigenvalue weighted by atomic mass is 19.1. The fourth-order valence-electron chi connectivity index (χ4n) is 5.88. The first-order valence-electron chi connectivity index (χ1n) is 16.1. The van der Waals surface area contributed by atoms with Crippen LogP contribution in [0.4, 0.5) is 10.2 Å². The van der Waals surface area contributed by atoms with E-state index < -0.39 is 17.7 Å². The maximum atomic E-state index is 14.2. The number of fused-ring (bicyclic) bond motifs is 1. The van der Waals surface area contributed by atoms with E-state index in [1.165, 1.54) is 19.2 Å².